The normalized spacial score (nSPS) is 59.2. The zero-order valence-corrected chi connectivity index (χ0v) is 12.1. The number of nitrogens with zero attached hydrogens (tertiary/aromatic N) is 1. The molecule has 1 aliphatic heterocycles. The second kappa shape index (κ2) is 3.76. The Balaban J connectivity index is 1.53. The highest BCUT2D eigenvalue weighted by Gasteiger charge is 2.61. The number of piperidine rings is 1. The predicted octanol–water partition coefficient (Wildman–Crippen LogP) is 2.62. The lowest BCUT2D eigenvalue weighted by Gasteiger charge is -2.65. The van der Waals surface area contributed by atoms with Gasteiger partial charge in [0.2, 0.25) is 0 Å². The second-order valence-corrected chi connectivity index (χ2v) is 8.49. The maximum absolute atomic E-state index is 6.46. The van der Waals surface area contributed by atoms with E-state index in [1.54, 1.807) is 6.42 Å². The summed E-state index contributed by atoms with van der Waals surface area (Å²) in [6.07, 6.45) is 12.1. The van der Waals surface area contributed by atoms with E-state index >= 15 is 0 Å². The van der Waals surface area contributed by atoms with Crippen molar-refractivity contribution in [3.63, 3.8) is 0 Å². The molecule has 106 valence electrons. The molecule has 6 fully saturated rings. The number of fused-ring (bicyclic) bond motifs is 2. The Morgan fingerprint density at radius 2 is 1.53 bits per heavy atom. The second-order valence-electron chi connectivity index (χ2n) is 8.49. The maximum Gasteiger partial charge on any atom is 0.0391 e. The van der Waals surface area contributed by atoms with Gasteiger partial charge in [-0.1, -0.05) is 0 Å². The summed E-state index contributed by atoms with van der Waals surface area (Å²) >= 11 is 0. The highest BCUT2D eigenvalue weighted by atomic mass is 15.3. The van der Waals surface area contributed by atoms with Gasteiger partial charge in [0, 0.05) is 24.7 Å². The Bertz CT molecular complexity index is 363. The zero-order valence-electron chi connectivity index (χ0n) is 12.1. The fourth-order valence-electron chi connectivity index (χ4n) is 7.35. The van der Waals surface area contributed by atoms with E-state index in [1.165, 1.54) is 51.5 Å². The smallest absolute Gasteiger partial charge is 0.0391 e. The largest absolute Gasteiger partial charge is 0.329 e. The Morgan fingerprint density at radius 3 is 2.00 bits per heavy atom. The predicted molar refractivity (Wildman–Crippen MR) is 76.7 cm³/mol. The molecule has 6 rings (SSSR count). The molecule has 0 radical (unpaired) electrons. The summed E-state index contributed by atoms with van der Waals surface area (Å²) in [7, 11) is 0. The molecule has 1 saturated heterocycles. The van der Waals surface area contributed by atoms with Gasteiger partial charge < -0.3 is 5.73 Å². The third-order valence-electron chi connectivity index (χ3n) is 7.82. The first kappa shape index (κ1) is 11.6. The van der Waals surface area contributed by atoms with Crippen LogP contribution in [0.2, 0.25) is 0 Å². The molecule has 0 amide bonds. The number of likely N-dealkylation sites (tertiary alicyclic amines) is 1. The highest BCUT2D eigenvalue weighted by Crippen LogP contribution is 2.61. The van der Waals surface area contributed by atoms with Gasteiger partial charge in [-0.25, -0.2) is 0 Å². The fourth-order valence-corrected chi connectivity index (χ4v) is 7.35. The summed E-state index contributed by atoms with van der Waals surface area (Å²) < 4.78 is 0. The first-order valence-electron chi connectivity index (χ1n) is 8.76. The molecule has 6 aliphatic rings. The van der Waals surface area contributed by atoms with Crippen molar-refractivity contribution in [3.8, 4) is 0 Å². The number of hydrogen-bond donors (Lipinski definition) is 1. The molecule has 2 unspecified atom stereocenters. The maximum atomic E-state index is 6.46. The van der Waals surface area contributed by atoms with Crippen LogP contribution in [0, 0.1) is 29.6 Å². The van der Waals surface area contributed by atoms with E-state index in [4.69, 9.17) is 5.73 Å². The van der Waals surface area contributed by atoms with Crippen molar-refractivity contribution in [2.45, 2.75) is 62.9 Å². The molecule has 2 nitrogen and oxygen atoms in total. The number of rotatable bonds is 2. The summed E-state index contributed by atoms with van der Waals surface area (Å²) in [5.74, 6) is 5.07. The SMILES string of the molecule is NCC1(N2CC3CCC2C3)C2CC3CC(C2)CC1C3. The van der Waals surface area contributed by atoms with Crippen LogP contribution in [0.1, 0.15) is 51.4 Å². The highest BCUT2D eigenvalue weighted by molar-refractivity contribution is 5.15. The quantitative estimate of drug-likeness (QED) is 0.827. The van der Waals surface area contributed by atoms with Crippen molar-refractivity contribution < 1.29 is 0 Å². The minimum atomic E-state index is 0.438. The molecule has 2 N–H and O–H groups in total. The van der Waals surface area contributed by atoms with Crippen LogP contribution >= 0.6 is 0 Å². The van der Waals surface area contributed by atoms with Crippen LogP contribution in [0.5, 0.6) is 0 Å². The van der Waals surface area contributed by atoms with Gasteiger partial charge in [0.15, 0.2) is 0 Å². The Hall–Kier alpha value is -0.0800. The van der Waals surface area contributed by atoms with Crippen LogP contribution in [0.4, 0.5) is 0 Å². The van der Waals surface area contributed by atoms with Crippen molar-refractivity contribution in [1.82, 2.24) is 4.90 Å². The van der Waals surface area contributed by atoms with Gasteiger partial charge in [-0.05, 0) is 81.0 Å². The van der Waals surface area contributed by atoms with Gasteiger partial charge in [-0.3, -0.25) is 4.90 Å². The Labute approximate surface area is 117 Å². The number of nitrogens with two attached hydrogens (primary N) is 1. The molecular formula is C17H28N2. The summed E-state index contributed by atoms with van der Waals surface area (Å²) in [5, 5.41) is 0. The van der Waals surface area contributed by atoms with E-state index in [2.05, 4.69) is 4.90 Å². The summed E-state index contributed by atoms with van der Waals surface area (Å²) in [4.78, 5) is 2.97. The Morgan fingerprint density at radius 1 is 0.842 bits per heavy atom. The van der Waals surface area contributed by atoms with Gasteiger partial charge in [0.1, 0.15) is 0 Å². The summed E-state index contributed by atoms with van der Waals surface area (Å²) in [6, 6.07) is 0.908. The van der Waals surface area contributed by atoms with E-state index in [0.29, 0.717) is 5.54 Å². The van der Waals surface area contributed by atoms with Crippen LogP contribution in [0.25, 0.3) is 0 Å². The first-order chi connectivity index (χ1) is 9.29. The lowest BCUT2D eigenvalue weighted by atomic mass is 9.48. The molecule has 19 heavy (non-hydrogen) atoms. The molecule has 5 aliphatic carbocycles. The van der Waals surface area contributed by atoms with Crippen LogP contribution < -0.4 is 5.73 Å². The molecular weight excluding hydrogens is 232 g/mol. The van der Waals surface area contributed by atoms with E-state index in [-0.39, 0.29) is 0 Å². The molecule has 2 heteroatoms. The van der Waals surface area contributed by atoms with Crippen LogP contribution in [-0.4, -0.2) is 29.6 Å². The van der Waals surface area contributed by atoms with E-state index in [9.17, 15) is 0 Å². The standard InChI is InChI=1S/C17H28N2/c18-10-17(19-9-11-1-2-16(19)8-11)14-4-12-3-13(6-14)7-15(17)5-12/h11-16H,1-10,18H2. The minimum Gasteiger partial charge on any atom is -0.329 e. The van der Waals surface area contributed by atoms with Gasteiger partial charge in [0.05, 0.1) is 0 Å². The van der Waals surface area contributed by atoms with E-state index in [0.717, 1.165) is 42.2 Å². The Kier molecular flexibility index (Phi) is 2.29. The molecule has 2 atom stereocenters. The third-order valence-corrected chi connectivity index (χ3v) is 7.82. The van der Waals surface area contributed by atoms with Crippen molar-refractivity contribution in [1.29, 1.82) is 0 Å². The van der Waals surface area contributed by atoms with E-state index < -0.39 is 0 Å². The van der Waals surface area contributed by atoms with Crippen LogP contribution in [0.15, 0.2) is 0 Å². The number of hydrogen-bond acceptors (Lipinski definition) is 2. The topological polar surface area (TPSA) is 29.3 Å². The van der Waals surface area contributed by atoms with Crippen molar-refractivity contribution >= 4 is 0 Å². The van der Waals surface area contributed by atoms with Gasteiger partial charge in [0.25, 0.3) is 0 Å². The molecule has 6 bridgehead atoms. The van der Waals surface area contributed by atoms with Gasteiger partial charge >= 0.3 is 0 Å². The fraction of sp³-hybridized carbons (Fsp3) is 1.00. The van der Waals surface area contributed by atoms with Crippen molar-refractivity contribution in [2.24, 2.45) is 35.3 Å². The lowest BCUT2D eigenvalue weighted by molar-refractivity contribution is -0.140. The first-order valence-corrected chi connectivity index (χ1v) is 8.76. The van der Waals surface area contributed by atoms with Gasteiger partial charge in [-0.15, -0.1) is 0 Å². The molecule has 0 aromatic heterocycles. The summed E-state index contributed by atoms with van der Waals surface area (Å²) in [6.45, 7) is 2.34. The molecule has 0 spiro atoms. The lowest BCUT2D eigenvalue weighted by Crippen LogP contribution is -2.70. The van der Waals surface area contributed by atoms with E-state index in [1.807, 2.05) is 0 Å². The molecule has 0 aromatic rings. The van der Waals surface area contributed by atoms with Gasteiger partial charge in [-0.2, -0.15) is 0 Å². The zero-order chi connectivity index (χ0) is 12.6. The van der Waals surface area contributed by atoms with Crippen molar-refractivity contribution in [2.75, 3.05) is 13.1 Å². The van der Waals surface area contributed by atoms with Crippen LogP contribution in [0.3, 0.4) is 0 Å². The summed E-state index contributed by atoms with van der Waals surface area (Å²) in [5.41, 5.74) is 6.90. The molecule has 5 saturated carbocycles. The monoisotopic (exact) mass is 260 g/mol. The third kappa shape index (κ3) is 1.35. The van der Waals surface area contributed by atoms with Crippen molar-refractivity contribution in [3.05, 3.63) is 0 Å². The average Bonchev–Trinajstić information content (AvgIpc) is 3.01. The molecule has 0 aromatic carbocycles. The average molecular weight is 260 g/mol. The van der Waals surface area contributed by atoms with Crippen LogP contribution in [-0.2, 0) is 0 Å². The molecule has 1 heterocycles. The minimum absolute atomic E-state index is 0.438.